The van der Waals surface area contributed by atoms with Gasteiger partial charge in [-0.3, -0.25) is 4.79 Å². The minimum atomic E-state index is -0.452. The number of rotatable bonds is 7. The Morgan fingerprint density at radius 1 is 1.04 bits per heavy atom. The second kappa shape index (κ2) is 8.67. The second-order valence-electron chi connectivity index (χ2n) is 4.96. The molecule has 2 aromatic carbocycles. The van der Waals surface area contributed by atoms with Crippen LogP contribution in [0, 0.1) is 5.82 Å². The van der Waals surface area contributed by atoms with E-state index >= 15 is 0 Å². The molecular formula is C18H18FNO4. The Morgan fingerprint density at radius 2 is 1.71 bits per heavy atom. The van der Waals surface area contributed by atoms with Crippen molar-refractivity contribution in [3.05, 3.63) is 65.5 Å². The van der Waals surface area contributed by atoms with Crippen LogP contribution in [-0.4, -0.2) is 32.1 Å². The van der Waals surface area contributed by atoms with Gasteiger partial charge in [0, 0.05) is 12.1 Å². The summed E-state index contributed by atoms with van der Waals surface area (Å²) in [6.07, 6.45) is 0.542. The Kier molecular flexibility index (Phi) is 6.31. The fourth-order valence-electron chi connectivity index (χ4n) is 2.00. The Labute approximate surface area is 139 Å². The summed E-state index contributed by atoms with van der Waals surface area (Å²) in [5.41, 5.74) is 0.824. The topological polar surface area (TPSA) is 64.6 Å². The molecule has 0 heterocycles. The van der Waals surface area contributed by atoms with Crippen LogP contribution in [0.25, 0.3) is 0 Å². The molecule has 1 amide bonds. The van der Waals surface area contributed by atoms with Crippen molar-refractivity contribution >= 4 is 11.9 Å². The zero-order valence-electron chi connectivity index (χ0n) is 13.3. The van der Waals surface area contributed by atoms with Gasteiger partial charge < -0.3 is 14.8 Å². The maximum Gasteiger partial charge on any atom is 0.337 e. The number of nitrogens with one attached hydrogen (secondary N) is 1. The molecule has 0 saturated heterocycles. The van der Waals surface area contributed by atoms with Crippen molar-refractivity contribution in [2.45, 2.75) is 6.42 Å². The molecule has 2 rings (SSSR count). The van der Waals surface area contributed by atoms with Gasteiger partial charge in [-0.2, -0.15) is 0 Å². The first-order valence-electron chi connectivity index (χ1n) is 7.45. The third-order valence-electron chi connectivity index (χ3n) is 3.27. The van der Waals surface area contributed by atoms with E-state index in [9.17, 15) is 14.0 Å². The second-order valence-corrected chi connectivity index (χ2v) is 4.96. The minimum Gasteiger partial charge on any atom is -0.490 e. The largest absolute Gasteiger partial charge is 0.490 e. The molecule has 0 unspecified atom stereocenters. The predicted molar refractivity (Wildman–Crippen MR) is 86.6 cm³/mol. The predicted octanol–water partition coefficient (Wildman–Crippen LogP) is 2.81. The third kappa shape index (κ3) is 4.81. The molecule has 0 spiro atoms. The van der Waals surface area contributed by atoms with Gasteiger partial charge in [0.05, 0.1) is 19.3 Å². The van der Waals surface area contributed by atoms with Gasteiger partial charge in [0.25, 0.3) is 5.91 Å². The molecule has 0 aliphatic carbocycles. The highest BCUT2D eigenvalue weighted by Gasteiger charge is 2.08. The van der Waals surface area contributed by atoms with Crippen LogP contribution >= 0.6 is 0 Å². The summed E-state index contributed by atoms with van der Waals surface area (Å²) in [5, 5.41) is 2.73. The summed E-state index contributed by atoms with van der Waals surface area (Å²) in [5.74, 6) is -0.918. The molecule has 6 heteroatoms. The molecule has 0 aliphatic rings. The number of ether oxygens (including phenoxy) is 2. The van der Waals surface area contributed by atoms with Crippen molar-refractivity contribution in [2.24, 2.45) is 0 Å². The molecular weight excluding hydrogens is 313 g/mol. The lowest BCUT2D eigenvalue weighted by Crippen LogP contribution is -2.25. The summed E-state index contributed by atoms with van der Waals surface area (Å²) in [6.45, 7) is 0.689. The van der Waals surface area contributed by atoms with Crippen LogP contribution in [0.3, 0.4) is 0 Å². The van der Waals surface area contributed by atoms with Gasteiger partial charge in [-0.25, -0.2) is 9.18 Å². The maximum absolute atomic E-state index is 13.3. The standard InChI is InChI=1S/C18H18FNO4/c1-23-18(22)14-9-7-13(8-10-14)17(21)20-11-4-12-24-16-6-3-2-5-15(16)19/h2-3,5-10H,4,11-12H2,1H3,(H,20,21). The van der Waals surface area contributed by atoms with E-state index in [1.807, 2.05) is 0 Å². The number of esters is 1. The van der Waals surface area contributed by atoms with Crippen LogP contribution in [0.4, 0.5) is 4.39 Å². The smallest absolute Gasteiger partial charge is 0.337 e. The molecule has 0 atom stereocenters. The Balaban J connectivity index is 1.73. The van der Waals surface area contributed by atoms with Gasteiger partial charge in [-0.1, -0.05) is 12.1 Å². The van der Waals surface area contributed by atoms with E-state index in [4.69, 9.17) is 4.74 Å². The molecule has 126 valence electrons. The Bertz CT molecular complexity index is 700. The number of carbonyl (C=O) groups is 2. The van der Waals surface area contributed by atoms with E-state index in [2.05, 4.69) is 10.1 Å². The van der Waals surface area contributed by atoms with Crippen molar-refractivity contribution in [3.63, 3.8) is 0 Å². The Morgan fingerprint density at radius 3 is 2.38 bits per heavy atom. The highest BCUT2D eigenvalue weighted by molar-refractivity contribution is 5.96. The summed E-state index contributed by atoms with van der Waals surface area (Å²) >= 11 is 0. The molecule has 2 aromatic rings. The molecule has 5 nitrogen and oxygen atoms in total. The zero-order valence-corrected chi connectivity index (χ0v) is 13.3. The first-order valence-corrected chi connectivity index (χ1v) is 7.45. The van der Waals surface area contributed by atoms with Gasteiger partial charge in [0.2, 0.25) is 0 Å². The van der Waals surface area contributed by atoms with Crippen LogP contribution in [0.1, 0.15) is 27.1 Å². The van der Waals surface area contributed by atoms with Crippen molar-refractivity contribution < 1.29 is 23.5 Å². The van der Waals surface area contributed by atoms with Crippen molar-refractivity contribution in [3.8, 4) is 5.75 Å². The molecule has 0 radical (unpaired) electrons. The van der Waals surface area contributed by atoms with Gasteiger partial charge in [-0.05, 0) is 42.8 Å². The maximum atomic E-state index is 13.3. The summed E-state index contributed by atoms with van der Waals surface area (Å²) in [4.78, 5) is 23.3. The third-order valence-corrected chi connectivity index (χ3v) is 3.27. The molecule has 0 fully saturated rings. The zero-order chi connectivity index (χ0) is 17.4. The highest BCUT2D eigenvalue weighted by atomic mass is 19.1. The van der Waals surface area contributed by atoms with Crippen LogP contribution < -0.4 is 10.1 Å². The number of amides is 1. The van der Waals surface area contributed by atoms with Crippen LogP contribution in [0.5, 0.6) is 5.75 Å². The van der Waals surface area contributed by atoms with E-state index in [1.54, 1.807) is 30.3 Å². The average molecular weight is 331 g/mol. The normalized spacial score (nSPS) is 10.1. The lowest BCUT2D eigenvalue weighted by Gasteiger charge is -2.08. The van der Waals surface area contributed by atoms with Gasteiger partial charge in [0.1, 0.15) is 0 Å². The van der Waals surface area contributed by atoms with E-state index in [0.29, 0.717) is 30.7 Å². The quantitative estimate of drug-likeness (QED) is 0.626. The molecule has 1 N–H and O–H groups in total. The number of halogens is 1. The van der Waals surface area contributed by atoms with Crippen molar-refractivity contribution in [1.29, 1.82) is 0 Å². The molecule has 0 bridgehead atoms. The van der Waals surface area contributed by atoms with Gasteiger partial charge in [0.15, 0.2) is 11.6 Å². The van der Waals surface area contributed by atoms with E-state index in [-0.39, 0.29) is 11.7 Å². The fourth-order valence-corrected chi connectivity index (χ4v) is 2.00. The first kappa shape index (κ1) is 17.5. The molecule has 0 aliphatic heterocycles. The summed E-state index contributed by atoms with van der Waals surface area (Å²) in [6, 6.07) is 12.3. The highest BCUT2D eigenvalue weighted by Crippen LogP contribution is 2.15. The lowest BCUT2D eigenvalue weighted by molar-refractivity contribution is 0.0600. The number of hydrogen-bond donors (Lipinski definition) is 1. The number of carbonyl (C=O) groups excluding carboxylic acids is 2. The van der Waals surface area contributed by atoms with Crippen molar-refractivity contribution in [2.75, 3.05) is 20.3 Å². The van der Waals surface area contributed by atoms with Gasteiger partial charge >= 0.3 is 5.97 Å². The number of benzene rings is 2. The monoisotopic (exact) mass is 331 g/mol. The molecule has 24 heavy (non-hydrogen) atoms. The van der Waals surface area contributed by atoms with Crippen LogP contribution in [0.2, 0.25) is 0 Å². The van der Waals surface area contributed by atoms with Crippen LogP contribution in [-0.2, 0) is 4.74 Å². The first-order chi connectivity index (χ1) is 11.6. The fraction of sp³-hybridized carbons (Fsp3) is 0.222. The van der Waals surface area contributed by atoms with Crippen LogP contribution in [0.15, 0.2) is 48.5 Å². The van der Waals surface area contributed by atoms with Gasteiger partial charge in [-0.15, -0.1) is 0 Å². The van der Waals surface area contributed by atoms with Crippen molar-refractivity contribution in [1.82, 2.24) is 5.32 Å². The number of hydrogen-bond acceptors (Lipinski definition) is 4. The minimum absolute atomic E-state index is 0.197. The molecule has 0 saturated carbocycles. The van der Waals surface area contributed by atoms with E-state index in [1.165, 1.54) is 25.3 Å². The lowest BCUT2D eigenvalue weighted by atomic mass is 10.1. The average Bonchev–Trinajstić information content (AvgIpc) is 2.62. The Hall–Kier alpha value is -2.89. The summed E-state index contributed by atoms with van der Waals surface area (Å²) < 4.78 is 23.2. The van der Waals surface area contributed by atoms with E-state index < -0.39 is 11.8 Å². The van der Waals surface area contributed by atoms with E-state index in [0.717, 1.165) is 0 Å². The number of methoxy groups -OCH3 is 1. The molecule has 0 aromatic heterocycles. The summed E-state index contributed by atoms with van der Waals surface area (Å²) in [7, 11) is 1.30. The number of para-hydroxylation sites is 1. The SMILES string of the molecule is COC(=O)c1ccc(C(=O)NCCCOc2ccccc2F)cc1.